The van der Waals surface area contributed by atoms with Gasteiger partial charge >= 0.3 is 0 Å². The Morgan fingerprint density at radius 1 is 0.600 bits per heavy atom. The highest BCUT2D eigenvalue weighted by molar-refractivity contribution is 5.93. The third-order valence-corrected chi connectivity index (χ3v) is 11.6. The summed E-state index contributed by atoms with van der Waals surface area (Å²) in [5, 5.41) is 7.83. The fraction of sp³-hybridized carbons (Fsp3) is 0.130. The maximum atomic E-state index is 6.54. The Morgan fingerprint density at radius 2 is 1.24 bits per heavy atom. The van der Waals surface area contributed by atoms with E-state index in [0.29, 0.717) is 12.1 Å². The van der Waals surface area contributed by atoms with Crippen molar-refractivity contribution in [2.24, 2.45) is 0 Å². The predicted molar refractivity (Wildman–Crippen MR) is 199 cm³/mol. The Kier molecular flexibility index (Phi) is 6.01. The van der Waals surface area contributed by atoms with Gasteiger partial charge in [-0.05, 0) is 57.1 Å². The van der Waals surface area contributed by atoms with Crippen molar-refractivity contribution in [3.05, 3.63) is 208 Å². The largest absolute Gasteiger partial charge is 0.457 e. The topological polar surface area (TPSA) is 36.3 Å². The first kappa shape index (κ1) is 28.2. The minimum absolute atomic E-state index is 0.190. The molecule has 240 valence electrons. The zero-order chi connectivity index (χ0) is 32.8. The van der Waals surface area contributed by atoms with Gasteiger partial charge in [0.25, 0.3) is 0 Å². The number of allylic oxidation sites excluding steroid dienone is 3. The zero-order valence-electron chi connectivity index (χ0n) is 27.5. The fourth-order valence-corrected chi connectivity index (χ4v) is 9.44. The Balaban J connectivity index is 0.997. The van der Waals surface area contributed by atoms with Crippen LogP contribution in [0.15, 0.2) is 170 Å². The van der Waals surface area contributed by atoms with E-state index in [1.54, 1.807) is 0 Å². The van der Waals surface area contributed by atoms with Crippen molar-refractivity contribution >= 4 is 5.57 Å². The highest BCUT2D eigenvalue weighted by Gasteiger charge is 2.61. The first-order valence-electron chi connectivity index (χ1n) is 17.7. The summed E-state index contributed by atoms with van der Waals surface area (Å²) in [5.41, 5.74) is 13.4. The van der Waals surface area contributed by atoms with Gasteiger partial charge < -0.3 is 10.1 Å². The van der Waals surface area contributed by atoms with Gasteiger partial charge in [-0.3, -0.25) is 10.2 Å². The summed E-state index contributed by atoms with van der Waals surface area (Å²) in [7, 11) is 0. The van der Waals surface area contributed by atoms with Crippen LogP contribution in [0.2, 0.25) is 0 Å². The van der Waals surface area contributed by atoms with Gasteiger partial charge in [-0.15, -0.1) is 0 Å². The Morgan fingerprint density at radius 3 is 1.96 bits per heavy atom. The van der Waals surface area contributed by atoms with Crippen molar-refractivity contribution in [1.29, 1.82) is 0 Å². The molecule has 50 heavy (non-hydrogen) atoms. The van der Waals surface area contributed by atoms with Gasteiger partial charge in [0.1, 0.15) is 11.5 Å². The van der Waals surface area contributed by atoms with Crippen LogP contribution in [0, 0.1) is 0 Å². The Hall–Kier alpha value is -5.68. The van der Waals surface area contributed by atoms with Crippen molar-refractivity contribution in [3.63, 3.8) is 0 Å². The van der Waals surface area contributed by atoms with Crippen LogP contribution < -0.4 is 15.4 Å². The number of dihydropyridines is 1. The highest BCUT2D eigenvalue weighted by atomic mass is 16.5. The molecule has 5 aliphatic rings. The van der Waals surface area contributed by atoms with E-state index in [1.165, 1.54) is 61.3 Å². The molecule has 2 N–H and O–H groups in total. The quantitative estimate of drug-likeness (QED) is 0.187. The molecular weight excluding hydrogens is 611 g/mol. The maximum absolute atomic E-state index is 6.54. The standard InChI is InChI=1S/C46H35N3O/c1-3-12-31(13-4-1)42-43-41(48-45(49(42)43)32-14-5-2-6-15-32)30-23-21-29(22-24-30)33-25-26-34-35-16-11-27-47-44(35)46(38(34)28-33)36-17-7-9-19-39(36)50-40-20-10-8-18-37(40)46/h1-26,28,41-43,45,47-48H,27H2. The number of hydrogen-bond donors (Lipinski definition) is 2. The lowest BCUT2D eigenvalue weighted by atomic mass is 9.67. The van der Waals surface area contributed by atoms with E-state index >= 15 is 0 Å². The van der Waals surface area contributed by atoms with Gasteiger partial charge in [0.05, 0.1) is 29.7 Å². The average molecular weight is 646 g/mol. The van der Waals surface area contributed by atoms with Crippen LogP contribution in [0.1, 0.15) is 57.2 Å². The highest BCUT2D eigenvalue weighted by Crippen LogP contribution is 2.62. The lowest BCUT2D eigenvalue weighted by Crippen LogP contribution is -2.39. The van der Waals surface area contributed by atoms with E-state index in [9.17, 15) is 0 Å². The molecule has 4 heteroatoms. The van der Waals surface area contributed by atoms with E-state index in [-0.39, 0.29) is 12.2 Å². The minimum Gasteiger partial charge on any atom is -0.457 e. The molecule has 0 bridgehead atoms. The molecule has 2 saturated heterocycles. The molecule has 4 heterocycles. The van der Waals surface area contributed by atoms with Crippen molar-refractivity contribution in [1.82, 2.24) is 15.5 Å². The lowest BCUT2D eigenvalue weighted by molar-refractivity contribution is 0.358. The molecule has 0 saturated carbocycles. The predicted octanol–water partition coefficient (Wildman–Crippen LogP) is 9.45. The number of para-hydroxylation sites is 2. The molecule has 0 radical (unpaired) electrons. The van der Waals surface area contributed by atoms with Crippen LogP contribution in [0.25, 0.3) is 16.7 Å². The van der Waals surface area contributed by atoms with Gasteiger partial charge in [-0.25, -0.2) is 0 Å². The molecule has 6 aromatic carbocycles. The molecule has 4 nitrogen and oxygen atoms in total. The molecular formula is C46H35N3O. The molecule has 1 aliphatic carbocycles. The number of ether oxygens (including phenoxy) is 1. The van der Waals surface area contributed by atoms with Gasteiger partial charge in [0.15, 0.2) is 0 Å². The zero-order valence-corrected chi connectivity index (χ0v) is 27.5. The molecule has 5 unspecified atom stereocenters. The van der Waals surface area contributed by atoms with Gasteiger partial charge in [0.2, 0.25) is 0 Å². The normalized spacial score (nSPS) is 24.4. The Bertz CT molecular complexity index is 2320. The van der Waals surface area contributed by atoms with Crippen molar-refractivity contribution < 1.29 is 4.74 Å². The fourth-order valence-electron chi connectivity index (χ4n) is 9.44. The molecule has 0 amide bonds. The second-order valence-electron chi connectivity index (χ2n) is 14.0. The number of rotatable bonds is 4. The number of benzene rings is 6. The summed E-state index contributed by atoms with van der Waals surface area (Å²) in [6, 6.07) is 56.4. The number of hydrogen-bond acceptors (Lipinski definition) is 4. The Labute approximate surface area is 292 Å². The summed E-state index contributed by atoms with van der Waals surface area (Å²) < 4.78 is 6.54. The lowest BCUT2D eigenvalue weighted by Gasteiger charge is -2.41. The summed E-state index contributed by atoms with van der Waals surface area (Å²) in [6.07, 6.45) is 4.72. The van der Waals surface area contributed by atoms with E-state index in [1.807, 2.05) is 0 Å². The smallest absolute Gasteiger partial charge is 0.132 e. The maximum Gasteiger partial charge on any atom is 0.132 e. The van der Waals surface area contributed by atoms with Gasteiger partial charge in [0, 0.05) is 28.9 Å². The van der Waals surface area contributed by atoms with E-state index < -0.39 is 5.41 Å². The van der Waals surface area contributed by atoms with Crippen LogP contribution in [0.4, 0.5) is 0 Å². The molecule has 11 rings (SSSR count). The molecule has 1 spiro atoms. The summed E-state index contributed by atoms with van der Waals surface area (Å²) in [6.45, 7) is 0.804. The van der Waals surface area contributed by atoms with Crippen molar-refractivity contribution in [2.75, 3.05) is 6.54 Å². The molecule has 2 fully saturated rings. The third kappa shape index (κ3) is 3.89. The van der Waals surface area contributed by atoms with Crippen LogP contribution in [-0.2, 0) is 5.41 Å². The van der Waals surface area contributed by atoms with Crippen molar-refractivity contribution in [3.8, 4) is 22.6 Å². The molecule has 0 aromatic heterocycles. The minimum atomic E-state index is -0.487. The van der Waals surface area contributed by atoms with E-state index in [4.69, 9.17) is 4.74 Å². The second-order valence-corrected chi connectivity index (χ2v) is 14.0. The first-order valence-corrected chi connectivity index (χ1v) is 17.7. The van der Waals surface area contributed by atoms with Crippen molar-refractivity contribution in [2.45, 2.75) is 29.7 Å². The third-order valence-electron chi connectivity index (χ3n) is 11.6. The SMILES string of the molecule is C1=CC2=C(NC1)C1(c3ccccc3Oc3ccccc31)c1cc(-c3ccc(C4NC(c5ccccc5)N5C(c6ccccc6)C45)cc3)ccc12. The summed E-state index contributed by atoms with van der Waals surface area (Å²) in [5.74, 6) is 1.83. The van der Waals surface area contributed by atoms with E-state index in [2.05, 4.69) is 179 Å². The number of fused-ring (bicyclic) bond motifs is 9. The van der Waals surface area contributed by atoms with Crippen LogP contribution in [-0.4, -0.2) is 17.5 Å². The summed E-state index contributed by atoms with van der Waals surface area (Å²) in [4.78, 5) is 2.64. The molecule has 4 aliphatic heterocycles. The van der Waals surface area contributed by atoms with Gasteiger partial charge in [-0.1, -0.05) is 146 Å². The van der Waals surface area contributed by atoms with E-state index in [0.717, 1.165) is 18.0 Å². The number of nitrogens with one attached hydrogen (secondary N) is 2. The average Bonchev–Trinajstić information content (AvgIpc) is 3.69. The van der Waals surface area contributed by atoms with Gasteiger partial charge in [-0.2, -0.15) is 0 Å². The second kappa shape index (κ2) is 10.7. The monoisotopic (exact) mass is 645 g/mol. The summed E-state index contributed by atoms with van der Waals surface area (Å²) >= 11 is 0. The van der Waals surface area contributed by atoms with Crippen LogP contribution in [0.3, 0.4) is 0 Å². The van der Waals surface area contributed by atoms with Crippen LogP contribution in [0.5, 0.6) is 11.5 Å². The number of nitrogens with zero attached hydrogens (tertiary/aromatic N) is 1. The first-order chi connectivity index (χ1) is 24.8. The molecule has 5 atom stereocenters. The molecule has 6 aromatic rings. The van der Waals surface area contributed by atoms with Crippen LogP contribution >= 0.6 is 0 Å².